The maximum absolute atomic E-state index is 12.9. The number of nitrogens with zero attached hydrogens (tertiary/aromatic N) is 2. The molecule has 7 heteroatoms. The Balaban J connectivity index is 2.07. The first kappa shape index (κ1) is 23.0. The SMILES string of the molecule is CCCN(CC)c1ccc(C(=O)N(CC)CC(=O)Nc2c(Cl)cccc2Cl)cc1. The van der Waals surface area contributed by atoms with Crippen molar-refractivity contribution in [2.24, 2.45) is 0 Å². The zero-order chi connectivity index (χ0) is 21.4. The third kappa shape index (κ3) is 6.12. The zero-order valence-electron chi connectivity index (χ0n) is 17.0. The molecule has 2 rings (SSSR count). The standard InChI is InChI=1S/C22H27Cl2N3O2/c1-4-14-26(5-2)17-12-10-16(11-13-17)22(29)27(6-3)15-20(28)25-21-18(23)8-7-9-19(21)24/h7-13H,4-6,14-15H2,1-3H3,(H,25,28). The summed E-state index contributed by atoms with van der Waals surface area (Å²) in [5.41, 5.74) is 1.98. The molecule has 0 saturated heterocycles. The second-order valence-electron chi connectivity index (χ2n) is 6.59. The maximum Gasteiger partial charge on any atom is 0.254 e. The van der Waals surface area contributed by atoms with Gasteiger partial charge in [-0.2, -0.15) is 0 Å². The van der Waals surface area contributed by atoms with Crippen molar-refractivity contribution in [2.75, 3.05) is 36.4 Å². The minimum absolute atomic E-state index is 0.0877. The van der Waals surface area contributed by atoms with Crippen molar-refractivity contribution in [1.29, 1.82) is 0 Å². The molecule has 156 valence electrons. The topological polar surface area (TPSA) is 52.7 Å². The summed E-state index contributed by atoms with van der Waals surface area (Å²) in [5.74, 6) is -0.551. The minimum Gasteiger partial charge on any atom is -0.372 e. The Hall–Kier alpha value is -2.24. The van der Waals surface area contributed by atoms with Gasteiger partial charge in [-0.3, -0.25) is 9.59 Å². The molecule has 5 nitrogen and oxygen atoms in total. The van der Waals surface area contributed by atoms with Gasteiger partial charge in [0.05, 0.1) is 15.7 Å². The van der Waals surface area contributed by atoms with Crippen LogP contribution in [0.25, 0.3) is 0 Å². The molecule has 0 bridgehead atoms. The third-order valence-corrected chi connectivity index (χ3v) is 5.22. The van der Waals surface area contributed by atoms with E-state index in [0.717, 1.165) is 25.2 Å². The van der Waals surface area contributed by atoms with Crippen LogP contribution in [0.15, 0.2) is 42.5 Å². The van der Waals surface area contributed by atoms with Gasteiger partial charge >= 0.3 is 0 Å². The number of carbonyl (C=O) groups excluding carboxylic acids is 2. The number of likely N-dealkylation sites (N-methyl/N-ethyl adjacent to an activating group) is 1. The lowest BCUT2D eigenvalue weighted by Crippen LogP contribution is -2.38. The first-order valence-corrected chi connectivity index (χ1v) is 10.5. The minimum atomic E-state index is -0.355. The fourth-order valence-corrected chi connectivity index (χ4v) is 3.53. The number of rotatable bonds is 9. The molecule has 0 fully saturated rings. The van der Waals surface area contributed by atoms with Crippen LogP contribution in [0.2, 0.25) is 10.0 Å². The Morgan fingerprint density at radius 2 is 1.55 bits per heavy atom. The summed E-state index contributed by atoms with van der Waals surface area (Å²) in [7, 11) is 0. The van der Waals surface area contributed by atoms with Gasteiger partial charge < -0.3 is 15.1 Å². The van der Waals surface area contributed by atoms with Crippen molar-refractivity contribution in [1.82, 2.24) is 4.90 Å². The van der Waals surface area contributed by atoms with Crippen LogP contribution >= 0.6 is 23.2 Å². The van der Waals surface area contributed by atoms with E-state index in [0.29, 0.717) is 27.8 Å². The highest BCUT2D eigenvalue weighted by Gasteiger charge is 2.19. The predicted molar refractivity (Wildman–Crippen MR) is 121 cm³/mol. The first-order chi connectivity index (χ1) is 13.9. The molecule has 2 aromatic carbocycles. The molecule has 0 spiro atoms. The second kappa shape index (κ2) is 11.1. The fourth-order valence-electron chi connectivity index (χ4n) is 3.03. The van der Waals surface area contributed by atoms with Gasteiger partial charge in [0, 0.05) is 30.9 Å². The molecule has 0 aliphatic heterocycles. The van der Waals surface area contributed by atoms with E-state index in [1.54, 1.807) is 18.2 Å². The molecule has 0 atom stereocenters. The lowest BCUT2D eigenvalue weighted by Gasteiger charge is -2.24. The van der Waals surface area contributed by atoms with Gasteiger partial charge in [-0.1, -0.05) is 36.2 Å². The number of para-hydroxylation sites is 1. The highest BCUT2D eigenvalue weighted by Crippen LogP contribution is 2.29. The quantitative estimate of drug-likeness (QED) is 0.578. The van der Waals surface area contributed by atoms with E-state index in [2.05, 4.69) is 24.1 Å². The van der Waals surface area contributed by atoms with Gasteiger partial charge in [-0.05, 0) is 56.7 Å². The van der Waals surface area contributed by atoms with Gasteiger partial charge in [-0.15, -0.1) is 0 Å². The second-order valence-corrected chi connectivity index (χ2v) is 7.41. The van der Waals surface area contributed by atoms with Crippen molar-refractivity contribution in [3.63, 3.8) is 0 Å². The van der Waals surface area contributed by atoms with Gasteiger partial charge in [0.15, 0.2) is 0 Å². The molecular formula is C22H27Cl2N3O2. The molecule has 0 aliphatic rings. The third-order valence-electron chi connectivity index (χ3n) is 4.59. The first-order valence-electron chi connectivity index (χ1n) is 9.79. The van der Waals surface area contributed by atoms with E-state index in [4.69, 9.17) is 23.2 Å². The molecule has 0 saturated carbocycles. The largest absolute Gasteiger partial charge is 0.372 e. The number of carbonyl (C=O) groups is 2. The molecule has 1 N–H and O–H groups in total. The zero-order valence-corrected chi connectivity index (χ0v) is 18.6. The van der Waals surface area contributed by atoms with Gasteiger partial charge in [0.1, 0.15) is 6.54 Å². The number of hydrogen-bond donors (Lipinski definition) is 1. The highest BCUT2D eigenvalue weighted by atomic mass is 35.5. The summed E-state index contributed by atoms with van der Waals surface area (Å²) >= 11 is 12.2. The normalized spacial score (nSPS) is 10.5. The van der Waals surface area contributed by atoms with Crippen LogP contribution in [0, 0.1) is 0 Å². The molecule has 0 heterocycles. The molecule has 2 amide bonds. The number of nitrogens with one attached hydrogen (secondary N) is 1. The summed E-state index contributed by atoms with van der Waals surface area (Å²) < 4.78 is 0. The van der Waals surface area contributed by atoms with Crippen LogP contribution in [-0.4, -0.2) is 42.9 Å². The van der Waals surface area contributed by atoms with E-state index >= 15 is 0 Å². The number of anilines is 2. The fraction of sp³-hybridized carbons (Fsp3) is 0.364. The molecule has 29 heavy (non-hydrogen) atoms. The molecule has 0 radical (unpaired) electrons. The summed E-state index contributed by atoms with van der Waals surface area (Å²) in [4.78, 5) is 29.0. The lowest BCUT2D eigenvalue weighted by molar-refractivity contribution is -0.116. The maximum atomic E-state index is 12.9. The van der Waals surface area contributed by atoms with Crippen LogP contribution < -0.4 is 10.2 Å². The number of hydrogen-bond acceptors (Lipinski definition) is 3. The van der Waals surface area contributed by atoms with Crippen molar-refractivity contribution >= 4 is 46.4 Å². The average Bonchev–Trinajstić information content (AvgIpc) is 2.72. The predicted octanol–water partition coefficient (Wildman–Crippen LogP) is 5.33. The molecular weight excluding hydrogens is 409 g/mol. The van der Waals surface area contributed by atoms with Crippen LogP contribution in [0.4, 0.5) is 11.4 Å². The summed E-state index contributed by atoms with van der Waals surface area (Å²) in [6.07, 6.45) is 1.06. The monoisotopic (exact) mass is 435 g/mol. The Labute approximate surface area is 182 Å². The average molecular weight is 436 g/mol. The Kier molecular flexibility index (Phi) is 8.80. The van der Waals surface area contributed by atoms with E-state index < -0.39 is 0 Å². The smallest absolute Gasteiger partial charge is 0.254 e. The Morgan fingerprint density at radius 1 is 0.931 bits per heavy atom. The van der Waals surface area contributed by atoms with E-state index in [9.17, 15) is 9.59 Å². The van der Waals surface area contributed by atoms with Gasteiger partial charge in [0.25, 0.3) is 5.91 Å². The number of halogens is 2. The van der Waals surface area contributed by atoms with Gasteiger partial charge in [0.2, 0.25) is 5.91 Å². The highest BCUT2D eigenvalue weighted by molar-refractivity contribution is 6.39. The summed E-state index contributed by atoms with van der Waals surface area (Å²) in [6.45, 7) is 8.28. The van der Waals surface area contributed by atoms with E-state index in [1.165, 1.54) is 4.90 Å². The molecule has 0 aliphatic carbocycles. The van der Waals surface area contributed by atoms with Crippen molar-refractivity contribution in [3.05, 3.63) is 58.1 Å². The Bertz CT molecular complexity index is 820. The molecule has 0 unspecified atom stereocenters. The van der Waals surface area contributed by atoms with Crippen molar-refractivity contribution in [3.8, 4) is 0 Å². The van der Waals surface area contributed by atoms with Crippen LogP contribution in [0.5, 0.6) is 0 Å². The van der Waals surface area contributed by atoms with E-state index in [1.807, 2.05) is 31.2 Å². The van der Waals surface area contributed by atoms with Crippen molar-refractivity contribution in [2.45, 2.75) is 27.2 Å². The van der Waals surface area contributed by atoms with Crippen molar-refractivity contribution < 1.29 is 9.59 Å². The lowest BCUT2D eigenvalue weighted by atomic mass is 10.1. The molecule has 2 aromatic rings. The number of amides is 2. The molecule has 0 aromatic heterocycles. The van der Waals surface area contributed by atoms with E-state index in [-0.39, 0.29) is 18.4 Å². The summed E-state index contributed by atoms with van der Waals surface area (Å²) in [6, 6.07) is 12.5. The van der Waals surface area contributed by atoms with Gasteiger partial charge in [-0.25, -0.2) is 0 Å². The summed E-state index contributed by atoms with van der Waals surface area (Å²) in [5, 5.41) is 3.39. The van der Waals surface area contributed by atoms with Crippen LogP contribution in [-0.2, 0) is 4.79 Å². The number of benzene rings is 2. The Morgan fingerprint density at radius 3 is 2.07 bits per heavy atom. The van der Waals surface area contributed by atoms with Crippen LogP contribution in [0.1, 0.15) is 37.6 Å². The van der Waals surface area contributed by atoms with Crippen LogP contribution in [0.3, 0.4) is 0 Å².